The fourth-order valence-electron chi connectivity index (χ4n) is 5.21. The maximum atomic E-state index is 10.4. The normalized spacial score (nSPS) is 17.2. The molecular weight excluding hydrogens is 400 g/mol. The van der Waals surface area contributed by atoms with Gasteiger partial charge in [0.1, 0.15) is 0 Å². The molecule has 2 aromatic carbocycles. The molecule has 1 aliphatic carbocycles. The fourth-order valence-corrected chi connectivity index (χ4v) is 5.33. The zero-order valence-electron chi connectivity index (χ0n) is 19.4. The van der Waals surface area contributed by atoms with Gasteiger partial charge in [0.05, 0.1) is 11.5 Å². The van der Waals surface area contributed by atoms with Gasteiger partial charge in [-0.15, -0.1) is 0 Å². The summed E-state index contributed by atoms with van der Waals surface area (Å²) in [6, 6.07) is 22.6. The predicted molar refractivity (Wildman–Crippen MR) is 131 cm³/mol. The van der Waals surface area contributed by atoms with Crippen molar-refractivity contribution in [1.29, 1.82) is 5.26 Å². The highest BCUT2D eigenvalue weighted by atomic mass is 35.5. The van der Waals surface area contributed by atoms with Crippen LogP contribution in [0.1, 0.15) is 70.4 Å². The third-order valence-corrected chi connectivity index (χ3v) is 7.59. The van der Waals surface area contributed by atoms with Crippen molar-refractivity contribution in [3.8, 4) is 6.07 Å². The summed E-state index contributed by atoms with van der Waals surface area (Å²) >= 11 is 6.15. The van der Waals surface area contributed by atoms with Gasteiger partial charge in [-0.25, -0.2) is 0 Å². The van der Waals surface area contributed by atoms with Gasteiger partial charge in [-0.1, -0.05) is 67.4 Å². The summed E-state index contributed by atoms with van der Waals surface area (Å²) in [6.45, 7) is 7.96. The van der Waals surface area contributed by atoms with E-state index in [2.05, 4.69) is 74.2 Å². The maximum Gasteiger partial charge on any atom is 0.0851 e. The minimum atomic E-state index is -0.391. The van der Waals surface area contributed by atoms with E-state index in [9.17, 15) is 5.26 Å². The Morgan fingerprint density at radius 1 is 1.10 bits per heavy atom. The predicted octanol–water partition coefficient (Wildman–Crippen LogP) is 7.41. The van der Waals surface area contributed by atoms with Crippen molar-refractivity contribution in [3.05, 3.63) is 70.7 Å². The number of benzene rings is 2. The lowest BCUT2D eigenvalue weighted by Gasteiger charge is -2.43. The Bertz CT molecular complexity index is 836. The second-order valence-corrected chi connectivity index (χ2v) is 9.82. The van der Waals surface area contributed by atoms with Gasteiger partial charge >= 0.3 is 0 Å². The standard InChI is InChI=1S/C28H37ClN2/c1-4-27(31(22(2)3)20-18-23-9-6-5-7-10-23)17-19-28(21-30,24-11-8-12-24)25-13-15-26(29)16-14-25/h5-7,9-10,13-16,22,24,27H,4,8,11-12,17-20H2,1-3H3. The molecule has 166 valence electrons. The van der Waals surface area contributed by atoms with E-state index in [1.165, 1.54) is 12.0 Å². The van der Waals surface area contributed by atoms with Crippen molar-refractivity contribution in [2.45, 2.75) is 83.2 Å². The molecule has 0 radical (unpaired) electrons. The monoisotopic (exact) mass is 436 g/mol. The van der Waals surface area contributed by atoms with Gasteiger partial charge in [-0.05, 0) is 81.5 Å². The van der Waals surface area contributed by atoms with E-state index in [1.807, 2.05) is 12.1 Å². The molecule has 0 aliphatic heterocycles. The Labute approximate surface area is 194 Å². The fraction of sp³-hybridized carbons (Fsp3) is 0.536. The third-order valence-electron chi connectivity index (χ3n) is 7.34. The number of nitriles is 1. The van der Waals surface area contributed by atoms with Crippen LogP contribution in [-0.2, 0) is 11.8 Å². The van der Waals surface area contributed by atoms with E-state index in [4.69, 9.17) is 11.6 Å². The van der Waals surface area contributed by atoms with Crippen LogP contribution in [0.2, 0.25) is 5.02 Å². The molecule has 2 atom stereocenters. The van der Waals surface area contributed by atoms with E-state index >= 15 is 0 Å². The van der Waals surface area contributed by atoms with Crippen LogP contribution in [0.25, 0.3) is 0 Å². The van der Waals surface area contributed by atoms with Crippen molar-refractivity contribution in [1.82, 2.24) is 4.90 Å². The maximum absolute atomic E-state index is 10.4. The first-order chi connectivity index (χ1) is 15.0. The molecule has 0 spiro atoms. The summed E-state index contributed by atoms with van der Waals surface area (Å²) in [6.07, 6.45) is 7.72. The molecule has 3 rings (SSSR count). The minimum Gasteiger partial charge on any atom is -0.298 e. The largest absolute Gasteiger partial charge is 0.298 e. The van der Waals surface area contributed by atoms with Gasteiger partial charge in [0.25, 0.3) is 0 Å². The molecule has 3 heteroatoms. The molecule has 0 amide bonds. The minimum absolute atomic E-state index is 0.391. The molecule has 2 unspecified atom stereocenters. The lowest BCUT2D eigenvalue weighted by molar-refractivity contribution is 0.122. The summed E-state index contributed by atoms with van der Waals surface area (Å²) in [7, 11) is 0. The first-order valence-electron chi connectivity index (χ1n) is 12.0. The van der Waals surface area contributed by atoms with Crippen molar-refractivity contribution in [2.24, 2.45) is 5.92 Å². The second-order valence-electron chi connectivity index (χ2n) is 9.39. The number of halogens is 1. The van der Waals surface area contributed by atoms with Gasteiger partial charge in [-0.2, -0.15) is 5.26 Å². The summed E-state index contributed by atoms with van der Waals surface area (Å²) in [5, 5.41) is 11.2. The summed E-state index contributed by atoms with van der Waals surface area (Å²) in [5.41, 5.74) is 2.16. The van der Waals surface area contributed by atoms with E-state index in [1.54, 1.807) is 0 Å². The highest BCUT2D eigenvalue weighted by molar-refractivity contribution is 6.30. The first-order valence-corrected chi connectivity index (χ1v) is 12.3. The van der Waals surface area contributed by atoms with Crippen molar-refractivity contribution in [2.75, 3.05) is 6.54 Å². The van der Waals surface area contributed by atoms with Crippen LogP contribution in [0.15, 0.2) is 54.6 Å². The molecule has 0 heterocycles. The average Bonchev–Trinajstić information content (AvgIpc) is 2.74. The van der Waals surface area contributed by atoms with E-state index < -0.39 is 5.41 Å². The first kappa shape index (κ1) is 23.8. The molecular formula is C28H37ClN2. The second kappa shape index (κ2) is 11.2. The number of hydrogen-bond acceptors (Lipinski definition) is 2. The third kappa shape index (κ3) is 5.71. The van der Waals surface area contributed by atoms with Gasteiger partial charge in [0.15, 0.2) is 0 Å². The Hall–Kier alpha value is -1.82. The number of hydrogen-bond donors (Lipinski definition) is 0. The Balaban J connectivity index is 1.75. The van der Waals surface area contributed by atoms with Gasteiger partial charge in [0, 0.05) is 23.7 Å². The smallest absolute Gasteiger partial charge is 0.0851 e. The molecule has 0 saturated heterocycles. The lowest BCUT2D eigenvalue weighted by Crippen LogP contribution is -2.44. The van der Waals surface area contributed by atoms with Crippen LogP contribution >= 0.6 is 11.6 Å². The van der Waals surface area contributed by atoms with Gasteiger partial charge in [-0.3, -0.25) is 4.90 Å². The molecule has 0 bridgehead atoms. The van der Waals surface area contributed by atoms with Crippen molar-refractivity contribution >= 4 is 11.6 Å². The molecule has 31 heavy (non-hydrogen) atoms. The Kier molecular flexibility index (Phi) is 8.58. The molecule has 2 nitrogen and oxygen atoms in total. The van der Waals surface area contributed by atoms with Crippen LogP contribution in [0.5, 0.6) is 0 Å². The molecule has 1 fully saturated rings. The lowest BCUT2D eigenvalue weighted by atomic mass is 9.60. The van der Waals surface area contributed by atoms with Crippen molar-refractivity contribution < 1.29 is 0 Å². The van der Waals surface area contributed by atoms with E-state index in [-0.39, 0.29) is 0 Å². The topological polar surface area (TPSA) is 27.0 Å². The summed E-state index contributed by atoms with van der Waals surface area (Å²) in [5.74, 6) is 0.466. The number of rotatable bonds is 11. The molecule has 2 aromatic rings. The average molecular weight is 437 g/mol. The Morgan fingerprint density at radius 2 is 1.77 bits per heavy atom. The van der Waals surface area contributed by atoms with Crippen LogP contribution < -0.4 is 0 Å². The summed E-state index contributed by atoms with van der Waals surface area (Å²) in [4.78, 5) is 2.65. The molecule has 0 aromatic heterocycles. The van der Waals surface area contributed by atoms with Crippen LogP contribution in [-0.4, -0.2) is 23.5 Å². The van der Waals surface area contributed by atoms with Crippen molar-refractivity contribution in [3.63, 3.8) is 0 Å². The van der Waals surface area contributed by atoms with Crippen LogP contribution in [0.4, 0.5) is 0 Å². The van der Waals surface area contributed by atoms with Crippen LogP contribution in [0.3, 0.4) is 0 Å². The molecule has 1 aliphatic rings. The highest BCUT2D eigenvalue weighted by Crippen LogP contribution is 2.47. The zero-order chi connectivity index (χ0) is 22.3. The SMILES string of the molecule is CCC(CCC(C#N)(c1ccc(Cl)cc1)C1CCC1)N(CCc1ccccc1)C(C)C. The Morgan fingerprint density at radius 3 is 2.29 bits per heavy atom. The zero-order valence-corrected chi connectivity index (χ0v) is 20.1. The van der Waals surface area contributed by atoms with Gasteiger partial charge < -0.3 is 0 Å². The van der Waals surface area contributed by atoms with E-state index in [0.29, 0.717) is 18.0 Å². The molecule has 0 N–H and O–H groups in total. The quantitative estimate of drug-likeness (QED) is 0.366. The van der Waals surface area contributed by atoms with Gasteiger partial charge in [0.2, 0.25) is 0 Å². The van der Waals surface area contributed by atoms with E-state index in [0.717, 1.165) is 55.7 Å². The molecule has 1 saturated carbocycles. The number of nitrogens with zero attached hydrogens (tertiary/aromatic N) is 2. The summed E-state index contributed by atoms with van der Waals surface area (Å²) < 4.78 is 0. The van der Waals surface area contributed by atoms with Crippen LogP contribution in [0, 0.1) is 17.2 Å². The highest BCUT2D eigenvalue weighted by Gasteiger charge is 2.44.